The Morgan fingerprint density at radius 3 is 2.71 bits per heavy atom. The zero-order valence-corrected chi connectivity index (χ0v) is 20.1. The molecule has 4 rings (SSSR count). The second-order valence-electron chi connectivity index (χ2n) is 8.72. The van der Waals surface area contributed by atoms with Gasteiger partial charge in [-0.25, -0.2) is 4.39 Å². The lowest BCUT2D eigenvalue weighted by atomic mass is 9.93. The molecule has 0 bridgehead atoms. The van der Waals surface area contributed by atoms with E-state index in [0.29, 0.717) is 25.1 Å². The van der Waals surface area contributed by atoms with Gasteiger partial charge in [0.05, 0.1) is 19.3 Å². The van der Waals surface area contributed by atoms with E-state index in [1.165, 1.54) is 29.6 Å². The number of benzene rings is 1. The van der Waals surface area contributed by atoms with Crippen molar-refractivity contribution in [3.63, 3.8) is 0 Å². The molecule has 1 aromatic heterocycles. The van der Waals surface area contributed by atoms with Crippen LogP contribution in [-0.4, -0.2) is 57.0 Å². The summed E-state index contributed by atoms with van der Waals surface area (Å²) < 4.78 is 21.0. The van der Waals surface area contributed by atoms with Crippen LogP contribution in [-0.2, 0) is 25.7 Å². The molecule has 7 nitrogen and oxygen atoms in total. The average Bonchev–Trinajstić information content (AvgIpc) is 3.57. The summed E-state index contributed by atoms with van der Waals surface area (Å²) in [6.07, 6.45) is 7.70. The van der Waals surface area contributed by atoms with Crippen LogP contribution in [0.4, 0.5) is 4.39 Å². The van der Waals surface area contributed by atoms with Crippen LogP contribution in [0.2, 0.25) is 0 Å². The van der Waals surface area contributed by atoms with Crippen molar-refractivity contribution < 1.29 is 23.5 Å². The van der Waals surface area contributed by atoms with Crippen LogP contribution in [0.5, 0.6) is 0 Å². The zero-order chi connectivity index (χ0) is 24.2. The lowest BCUT2D eigenvalue weighted by Crippen LogP contribution is -2.43. The van der Waals surface area contributed by atoms with Gasteiger partial charge in [-0.2, -0.15) is 5.10 Å². The van der Waals surface area contributed by atoms with Crippen LogP contribution in [0, 0.1) is 11.7 Å². The van der Waals surface area contributed by atoms with E-state index in [2.05, 4.69) is 9.84 Å². The monoisotopic (exact) mass is 485 g/mol. The summed E-state index contributed by atoms with van der Waals surface area (Å²) in [6.45, 7) is 2.57. The number of Topliss-reactive ketones (excluding diaryl/α,β-unsaturated/α-hetero) is 1. The fourth-order valence-corrected chi connectivity index (χ4v) is 5.26. The summed E-state index contributed by atoms with van der Waals surface area (Å²) >= 11 is 1.27. The largest absolute Gasteiger partial charge is 0.468 e. The number of ketones is 1. The number of methoxy groups -OCH3 is 1. The van der Waals surface area contributed by atoms with Crippen molar-refractivity contribution >= 4 is 34.7 Å². The van der Waals surface area contributed by atoms with Gasteiger partial charge in [-0.1, -0.05) is 36.0 Å². The molecule has 1 aliphatic heterocycles. The molecular formula is C25H28FN3O4S. The normalized spacial score (nSPS) is 20.8. The van der Waals surface area contributed by atoms with Crippen molar-refractivity contribution in [2.75, 3.05) is 20.2 Å². The van der Waals surface area contributed by atoms with Crippen molar-refractivity contribution in [1.29, 1.82) is 0 Å². The molecule has 2 aromatic rings. The number of piperidine rings is 1. The van der Waals surface area contributed by atoms with Gasteiger partial charge in [0.2, 0.25) is 0 Å². The summed E-state index contributed by atoms with van der Waals surface area (Å²) in [5, 5.41) is 4.18. The summed E-state index contributed by atoms with van der Waals surface area (Å²) in [5.74, 6) is -0.732. The number of halogens is 1. The average molecular weight is 486 g/mol. The lowest BCUT2D eigenvalue weighted by molar-refractivity contribution is -0.141. The molecule has 2 fully saturated rings. The van der Waals surface area contributed by atoms with E-state index < -0.39 is 12.0 Å². The molecule has 1 saturated heterocycles. The Labute approximate surface area is 202 Å². The SMILES string of the molecule is COC(=O)Cn1cc(C=C2CN(C(C(=O)C3CC3)c3ccccc3F)CCC2SC(C)=O)cn1. The molecule has 0 radical (unpaired) electrons. The predicted molar refractivity (Wildman–Crippen MR) is 127 cm³/mol. The number of esters is 1. The van der Waals surface area contributed by atoms with E-state index in [1.807, 2.05) is 11.0 Å². The van der Waals surface area contributed by atoms with Crippen molar-refractivity contribution in [1.82, 2.24) is 14.7 Å². The maximum atomic E-state index is 14.8. The molecule has 0 spiro atoms. The van der Waals surface area contributed by atoms with Gasteiger partial charge in [-0.05, 0) is 30.9 Å². The predicted octanol–water partition coefficient (Wildman–Crippen LogP) is 3.65. The number of thioether (sulfide) groups is 1. The second kappa shape index (κ2) is 10.7. The topological polar surface area (TPSA) is 81.5 Å². The van der Waals surface area contributed by atoms with E-state index in [-0.39, 0.29) is 34.4 Å². The number of ether oxygens (including phenoxy) is 1. The number of carbonyl (C=O) groups excluding carboxylic acids is 3. The Morgan fingerprint density at radius 2 is 2.03 bits per heavy atom. The molecule has 0 amide bonds. The van der Waals surface area contributed by atoms with Gasteiger partial charge in [0.1, 0.15) is 12.4 Å². The highest BCUT2D eigenvalue weighted by Gasteiger charge is 2.41. The van der Waals surface area contributed by atoms with E-state index in [4.69, 9.17) is 0 Å². The Hall–Kier alpha value is -2.78. The van der Waals surface area contributed by atoms with Gasteiger partial charge in [0.15, 0.2) is 10.9 Å². The zero-order valence-electron chi connectivity index (χ0n) is 19.3. The number of hydrogen-bond donors (Lipinski definition) is 0. The Morgan fingerprint density at radius 1 is 1.26 bits per heavy atom. The summed E-state index contributed by atoms with van der Waals surface area (Å²) in [4.78, 5) is 38.8. The van der Waals surface area contributed by atoms with Crippen LogP contribution in [0.25, 0.3) is 6.08 Å². The lowest BCUT2D eigenvalue weighted by Gasteiger charge is -2.38. The molecule has 34 heavy (non-hydrogen) atoms. The van der Waals surface area contributed by atoms with Crippen LogP contribution in [0.1, 0.15) is 43.4 Å². The Bertz CT molecular complexity index is 1110. The smallest absolute Gasteiger partial charge is 0.327 e. The number of likely N-dealkylation sites (tertiary alicyclic amines) is 1. The van der Waals surface area contributed by atoms with Gasteiger partial charge in [-0.15, -0.1) is 0 Å². The third-order valence-corrected chi connectivity index (χ3v) is 7.28. The molecule has 180 valence electrons. The number of carbonyl (C=O) groups is 3. The number of rotatable bonds is 8. The van der Waals surface area contributed by atoms with Gasteiger partial charge in [0, 0.05) is 48.5 Å². The van der Waals surface area contributed by atoms with Crippen LogP contribution < -0.4 is 0 Å². The maximum absolute atomic E-state index is 14.8. The van der Waals surface area contributed by atoms with Crippen LogP contribution >= 0.6 is 11.8 Å². The van der Waals surface area contributed by atoms with Gasteiger partial charge in [0.25, 0.3) is 0 Å². The molecule has 9 heteroatoms. The molecule has 2 unspecified atom stereocenters. The molecule has 0 N–H and O–H groups in total. The minimum Gasteiger partial charge on any atom is -0.468 e. The quantitative estimate of drug-likeness (QED) is 0.528. The third kappa shape index (κ3) is 5.82. The first-order chi connectivity index (χ1) is 16.4. The molecular weight excluding hydrogens is 457 g/mol. The second-order valence-corrected chi connectivity index (χ2v) is 10.1. The summed E-state index contributed by atoms with van der Waals surface area (Å²) in [7, 11) is 1.32. The molecule has 2 heterocycles. The number of nitrogens with zero attached hydrogens (tertiary/aromatic N) is 3. The van der Waals surface area contributed by atoms with Gasteiger partial charge in [-0.3, -0.25) is 24.0 Å². The minimum absolute atomic E-state index is 0.00265. The molecule has 1 saturated carbocycles. The van der Waals surface area contributed by atoms with Crippen LogP contribution in [0.3, 0.4) is 0 Å². The third-order valence-electron chi connectivity index (χ3n) is 6.12. The van der Waals surface area contributed by atoms with Gasteiger partial charge < -0.3 is 4.74 Å². The molecule has 1 aliphatic carbocycles. The fraction of sp³-hybridized carbons (Fsp3) is 0.440. The first-order valence-electron chi connectivity index (χ1n) is 11.3. The maximum Gasteiger partial charge on any atom is 0.327 e. The van der Waals surface area contributed by atoms with Crippen LogP contribution in [0.15, 0.2) is 42.2 Å². The van der Waals surface area contributed by atoms with Crippen molar-refractivity contribution in [3.8, 4) is 0 Å². The van der Waals surface area contributed by atoms with Crippen molar-refractivity contribution in [2.45, 2.75) is 44.0 Å². The van der Waals surface area contributed by atoms with Crippen molar-refractivity contribution in [3.05, 3.63) is 59.2 Å². The van der Waals surface area contributed by atoms with E-state index in [1.54, 1.807) is 37.5 Å². The van der Waals surface area contributed by atoms with Crippen molar-refractivity contribution in [2.24, 2.45) is 5.92 Å². The number of aromatic nitrogens is 2. The van der Waals surface area contributed by atoms with E-state index >= 15 is 0 Å². The Kier molecular flexibility index (Phi) is 7.63. The first-order valence-corrected chi connectivity index (χ1v) is 12.2. The van der Waals surface area contributed by atoms with Gasteiger partial charge >= 0.3 is 5.97 Å². The summed E-state index contributed by atoms with van der Waals surface area (Å²) in [6, 6.07) is 5.83. The molecule has 1 aromatic carbocycles. The highest BCUT2D eigenvalue weighted by atomic mass is 32.2. The van der Waals surface area contributed by atoms with E-state index in [0.717, 1.165) is 24.0 Å². The molecule has 2 atom stereocenters. The fourth-order valence-electron chi connectivity index (χ4n) is 4.35. The highest BCUT2D eigenvalue weighted by molar-refractivity contribution is 8.14. The first kappa shape index (κ1) is 24.3. The number of hydrogen-bond acceptors (Lipinski definition) is 7. The standard InChI is InChI=1S/C25H28FN3O4S/c1-16(30)34-22-9-10-28(14-19(22)11-17-12-27-29(13-17)15-23(31)33-2)24(25(32)18-7-8-18)20-5-3-4-6-21(20)26/h3-6,11-13,18,22,24H,7-10,14-15H2,1-2H3. The Balaban J connectivity index is 1.63. The summed E-state index contributed by atoms with van der Waals surface area (Å²) in [5.41, 5.74) is 2.15. The minimum atomic E-state index is -0.651. The van der Waals surface area contributed by atoms with E-state index in [9.17, 15) is 18.8 Å². The molecule has 2 aliphatic rings. The highest BCUT2D eigenvalue weighted by Crippen LogP contribution is 2.40.